The lowest BCUT2D eigenvalue weighted by atomic mass is 10.2. The summed E-state index contributed by atoms with van der Waals surface area (Å²) in [6.07, 6.45) is 4.46. The Hall–Kier alpha value is -0.900. The standard InChI is InChI=1S/C9H18N4/c1-4-8(2)12-9(3)5-13-7-10-6-11-13/h6-9,12H,4-5H2,1-3H3. The second-order valence-electron chi connectivity index (χ2n) is 3.49. The van der Waals surface area contributed by atoms with Crippen LogP contribution >= 0.6 is 0 Å². The highest BCUT2D eigenvalue weighted by Gasteiger charge is 2.05. The van der Waals surface area contributed by atoms with Gasteiger partial charge >= 0.3 is 0 Å². The first-order chi connectivity index (χ1) is 6.22. The second-order valence-corrected chi connectivity index (χ2v) is 3.49. The molecule has 1 heterocycles. The molecule has 0 fully saturated rings. The van der Waals surface area contributed by atoms with E-state index in [9.17, 15) is 0 Å². The van der Waals surface area contributed by atoms with E-state index in [0.717, 1.165) is 13.0 Å². The van der Waals surface area contributed by atoms with E-state index in [1.165, 1.54) is 0 Å². The summed E-state index contributed by atoms with van der Waals surface area (Å²) in [6.45, 7) is 7.41. The molecular weight excluding hydrogens is 164 g/mol. The Morgan fingerprint density at radius 2 is 2.15 bits per heavy atom. The molecule has 0 aromatic carbocycles. The first kappa shape index (κ1) is 10.2. The van der Waals surface area contributed by atoms with Crippen LogP contribution in [0.3, 0.4) is 0 Å². The number of nitrogens with zero attached hydrogens (tertiary/aromatic N) is 3. The van der Waals surface area contributed by atoms with Gasteiger partial charge in [0.1, 0.15) is 12.7 Å². The van der Waals surface area contributed by atoms with E-state index in [1.54, 1.807) is 12.7 Å². The van der Waals surface area contributed by atoms with Crippen LogP contribution in [0.4, 0.5) is 0 Å². The van der Waals surface area contributed by atoms with Gasteiger partial charge in [0.05, 0.1) is 6.54 Å². The average molecular weight is 182 g/mol. The van der Waals surface area contributed by atoms with Gasteiger partial charge in [0.25, 0.3) is 0 Å². The van der Waals surface area contributed by atoms with Crippen LogP contribution in [0.2, 0.25) is 0 Å². The quantitative estimate of drug-likeness (QED) is 0.740. The molecule has 0 bridgehead atoms. The third kappa shape index (κ3) is 3.55. The van der Waals surface area contributed by atoms with Crippen LogP contribution in [0.1, 0.15) is 27.2 Å². The van der Waals surface area contributed by atoms with Gasteiger partial charge in [-0.15, -0.1) is 0 Å². The normalized spacial score (nSPS) is 15.6. The van der Waals surface area contributed by atoms with Crippen molar-refractivity contribution in [3.63, 3.8) is 0 Å². The van der Waals surface area contributed by atoms with Crippen LogP contribution in [-0.4, -0.2) is 26.8 Å². The molecule has 4 heteroatoms. The van der Waals surface area contributed by atoms with Crippen molar-refractivity contribution >= 4 is 0 Å². The van der Waals surface area contributed by atoms with Crippen molar-refractivity contribution in [2.45, 2.75) is 45.8 Å². The molecule has 1 N–H and O–H groups in total. The molecule has 4 nitrogen and oxygen atoms in total. The average Bonchev–Trinajstić information content (AvgIpc) is 2.56. The zero-order valence-corrected chi connectivity index (χ0v) is 8.57. The van der Waals surface area contributed by atoms with Crippen molar-refractivity contribution in [2.24, 2.45) is 0 Å². The third-order valence-corrected chi connectivity index (χ3v) is 2.11. The highest BCUT2D eigenvalue weighted by molar-refractivity contribution is 4.67. The lowest BCUT2D eigenvalue weighted by Crippen LogP contribution is -2.36. The van der Waals surface area contributed by atoms with Crippen LogP contribution in [0, 0.1) is 0 Å². The Bertz CT molecular complexity index is 220. The van der Waals surface area contributed by atoms with Gasteiger partial charge in [-0.05, 0) is 20.3 Å². The SMILES string of the molecule is CCC(C)NC(C)Cn1cncn1. The number of nitrogens with one attached hydrogen (secondary N) is 1. The van der Waals surface area contributed by atoms with Crippen LogP contribution in [0.25, 0.3) is 0 Å². The Morgan fingerprint density at radius 3 is 2.69 bits per heavy atom. The molecule has 0 spiro atoms. The number of rotatable bonds is 5. The maximum absolute atomic E-state index is 4.05. The minimum atomic E-state index is 0.441. The first-order valence-corrected chi connectivity index (χ1v) is 4.80. The lowest BCUT2D eigenvalue weighted by Gasteiger charge is -2.18. The van der Waals surface area contributed by atoms with E-state index in [4.69, 9.17) is 0 Å². The topological polar surface area (TPSA) is 42.7 Å². The molecule has 2 atom stereocenters. The molecule has 1 aromatic rings. The molecule has 0 saturated carbocycles. The van der Waals surface area contributed by atoms with Crippen molar-refractivity contribution < 1.29 is 0 Å². The van der Waals surface area contributed by atoms with Crippen LogP contribution < -0.4 is 5.32 Å². The monoisotopic (exact) mass is 182 g/mol. The van der Waals surface area contributed by atoms with E-state index in [2.05, 4.69) is 36.2 Å². The molecule has 1 rings (SSSR count). The predicted molar refractivity (Wildman–Crippen MR) is 52.4 cm³/mol. The van der Waals surface area contributed by atoms with Crippen LogP contribution in [0.15, 0.2) is 12.7 Å². The summed E-state index contributed by atoms with van der Waals surface area (Å²) in [7, 11) is 0. The molecule has 13 heavy (non-hydrogen) atoms. The van der Waals surface area contributed by atoms with Crippen LogP contribution in [-0.2, 0) is 6.54 Å². The summed E-state index contributed by atoms with van der Waals surface area (Å²) < 4.78 is 1.85. The molecule has 0 aliphatic rings. The zero-order chi connectivity index (χ0) is 9.68. The fourth-order valence-electron chi connectivity index (χ4n) is 1.26. The van der Waals surface area contributed by atoms with Crippen molar-refractivity contribution in [2.75, 3.05) is 0 Å². The molecule has 0 saturated heterocycles. The van der Waals surface area contributed by atoms with E-state index in [-0.39, 0.29) is 0 Å². The highest BCUT2D eigenvalue weighted by Crippen LogP contribution is 1.94. The van der Waals surface area contributed by atoms with Gasteiger partial charge in [0.2, 0.25) is 0 Å². The van der Waals surface area contributed by atoms with E-state index in [0.29, 0.717) is 12.1 Å². The van der Waals surface area contributed by atoms with E-state index >= 15 is 0 Å². The molecule has 0 radical (unpaired) electrons. The van der Waals surface area contributed by atoms with Crippen molar-refractivity contribution in [1.82, 2.24) is 20.1 Å². The minimum absolute atomic E-state index is 0.441. The van der Waals surface area contributed by atoms with E-state index in [1.807, 2.05) is 4.68 Å². The maximum atomic E-state index is 4.05. The molecule has 0 amide bonds. The predicted octanol–water partition coefficient (Wildman–Crippen LogP) is 1.05. The van der Waals surface area contributed by atoms with Gasteiger partial charge in [-0.1, -0.05) is 6.92 Å². The smallest absolute Gasteiger partial charge is 0.137 e. The summed E-state index contributed by atoms with van der Waals surface area (Å²) in [4.78, 5) is 3.90. The lowest BCUT2D eigenvalue weighted by molar-refractivity contribution is 0.401. The summed E-state index contributed by atoms with van der Waals surface area (Å²) in [5.41, 5.74) is 0. The van der Waals surface area contributed by atoms with Crippen molar-refractivity contribution in [3.05, 3.63) is 12.7 Å². The molecule has 2 unspecified atom stereocenters. The molecular formula is C9H18N4. The van der Waals surface area contributed by atoms with Crippen molar-refractivity contribution in [1.29, 1.82) is 0 Å². The summed E-state index contributed by atoms with van der Waals surface area (Å²) in [5.74, 6) is 0. The summed E-state index contributed by atoms with van der Waals surface area (Å²) in [6, 6.07) is 1.01. The van der Waals surface area contributed by atoms with Crippen LogP contribution in [0.5, 0.6) is 0 Å². The second kappa shape index (κ2) is 4.97. The molecule has 1 aromatic heterocycles. The number of hydrogen-bond donors (Lipinski definition) is 1. The minimum Gasteiger partial charge on any atom is -0.310 e. The summed E-state index contributed by atoms with van der Waals surface area (Å²) in [5, 5.41) is 7.53. The molecule has 74 valence electrons. The Labute approximate surface area is 79.4 Å². The van der Waals surface area contributed by atoms with E-state index < -0.39 is 0 Å². The number of aromatic nitrogens is 3. The van der Waals surface area contributed by atoms with Gasteiger partial charge in [0.15, 0.2) is 0 Å². The largest absolute Gasteiger partial charge is 0.310 e. The van der Waals surface area contributed by atoms with Gasteiger partial charge in [-0.25, -0.2) is 4.98 Å². The number of hydrogen-bond acceptors (Lipinski definition) is 3. The fraction of sp³-hybridized carbons (Fsp3) is 0.778. The molecule has 0 aliphatic heterocycles. The van der Waals surface area contributed by atoms with Crippen molar-refractivity contribution in [3.8, 4) is 0 Å². The highest BCUT2D eigenvalue weighted by atomic mass is 15.3. The zero-order valence-electron chi connectivity index (χ0n) is 8.57. The fourth-order valence-corrected chi connectivity index (χ4v) is 1.26. The third-order valence-electron chi connectivity index (χ3n) is 2.11. The first-order valence-electron chi connectivity index (χ1n) is 4.80. The molecule has 0 aliphatic carbocycles. The Balaban J connectivity index is 2.29. The van der Waals surface area contributed by atoms with Gasteiger partial charge in [-0.2, -0.15) is 5.10 Å². The van der Waals surface area contributed by atoms with Gasteiger partial charge in [0, 0.05) is 12.1 Å². The maximum Gasteiger partial charge on any atom is 0.137 e. The summed E-state index contributed by atoms with van der Waals surface area (Å²) >= 11 is 0. The van der Waals surface area contributed by atoms with Gasteiger partial charge < -0.3 is 5.32 Å². The van der Waals surface area contributed by atoms with Gasteiger partial charge in [-0.3, -0.25) is 4.68 Å². The Morgan fingerprint density at radius 1 is 1.38 bits per heavy atom. The Kier molecular flexibility index (Phi) is 3.89.